The van der Waals surface area contributed by atoms with Gasteiger partial charge < -0.3 is 5.73 Å². The fraction of sp³-hybridized carbons (Fsp3) is 0. The van der Waals surface area contributed by atoms with E-state index < -0.39 is 43.7 Å². The molecule has 0 spiro atoms. The lowest BCUT2D eigenvalue weighted by Crippen LogP contribution is -2.16. The molecule has 0 fully saturated rings. The minimum atomic E-state index is -4.49. The Morgan fingerprint density at radius 1 is 1.05 bits per heavy atom. The van der Waals surface area contributed by atoms with E-state index in [1.165, 1.54) is 12.1 Å². The number of hydrogen-bond acceptors (Lipinski definition) is 3. The smallest absolute Gasteiger partial charge is 0.264 e. The molecule has 3 N–H and O–H groups in total. The van der Waals surface area contributed by atoms with Gasteiger partial charge >= 0.3 is 0 Å². The standard InChI is InChI=1S/C12H8ClF3N2O2S/c13-6-2-1-3-8(10(6)15)18-21(19,20)9-5-4-7(14)12(17)11(9)16/h1-5,18H,17H2. The number of nitrogens with two attached hydrogens (primary N) is 1. The summed E-state index contributed by atoms with van der Waals surface area (Å²) >= 11 is 5.51. The van der Waals surface area contributed by atoms with Crippen LogP contribution >= 0.6 is 11.6 Å². The van der Waals surface area contributed by atoms with Gasteiger partial charge in [0.2, 0.25) is 0 Å². The van der Waals surface area contributed by atoms with E-state index in [9.17, 15) is 21.6 Å². The van der Waals surface area contributed by atoms with Gasteiger partial charge in [-0.1, -0.05) is 17.7 Å². The molecule has 0 unspecified atom stereocenters. The predicted octanol–water partition coefficient (Wildman–Crippen LogP) is 3.14. The molecule has 0 atom stereocenters. The second kappa shape index (κ2) is 5.45. The number of nitrogen functional groups attached to an aromatic ring is 1. The van der Waals surface area contributed by atoms with Crippen molar-refractivity contribution in [2.24, 2.45) is 0 Å². The first-order chi connectivity index (χ1) is 9.74. The number of halogens is 4. The van der Waals surface area contributed by atoms with Crippen LogP contribution in [0, 0.1) is 17.5 Å². The number of anilines is 2. The molecular weight excluding hydrogens is 329 g/mol. The molecule has 0 aliphatic carbocycles. The van der Waals surface area contributed by atoms with Gasteiger partial charge in [-0.2, -0.15) is 0 Å². The summed E-state index contributed by atoms with van der Waals surface area (Å²) in [5.74, 6) is -3.57. The summed E-state index contributed by atoms with van der Waals surface area (Å²) in [6.45, 7) is 0. The predicted molar refractivity (Wildman–Crippen MR) is 73.0 cm³/mol. The van der Waals surface area contributed by atoms with Crippen LogP contribution in [0.15, 0.2) is 35.2 Å². The minimum absolute atomic E-state index is 0.311. The molecule has 112 valence electrons. The number of hydrogen-bond donors (Lipinski definition) is 2. The molecule has 4 nitrogen and oxygen atoms in total. The van der Waals surface area contributed by atoms with E-state index in [1.807, 2.05) is 4.72 Å². The van der Waals surface area contributed by atoms with Gasteiger partial charge in [-0.05, 0) is 24.3 Å². The Morgan fingerprint density at radius 2 is 1.71 bits per heavy atom. The molecule has 9 heteroatoms. The highest BCUT2D eigenvalue weighted by Gasteiger charge is 2.24. The van der Waals surface area contributed by atoms with Crippen molar-refractivity contribution in [3.63, 3.8) is 0 Å². The van der Waals surface area contributed by atoms with Gasteiger partial charge in [0.1, 0.15) is 16.4 Å². The number of sulfonamides is 1. The first kappa shape index (κ1) is 15.5. The highest BCUT2D eigenvalue weighted by molar-refractivity contribution is 7.92. The van der Waals surface area contributed by atoms with Crippen LogP contribution in [0.4, 0.5) is 24.5 Å². The van der Waals surface area contributed by atoms with Crippen molar-refractivity contribution in [3.8, 4) is 0 Å². The molecule has 0 aliphatic rings. The first-order valence-corrected chi connectivity index (χ1v) is 7.30. The Kier molecular flexibility index (Phi) is 4.02. The molecule has 0 saturated heterocycles. The van der Waals surface area contributed by atoms with E-state index in [-0.39, 0.29) is 5.02 Å². The van der Waals surface area contributed by atoms with Crippen molar-refractivity contribution in [1.82, 2.24) is 0 Å². The van der Waals surface area contributed by atoms with Gasteiger partial charge in [0, 0.05) is 0 Å². The molecule has 2 aromatic rings. The highest BCUT2D eigenvalue weighted by atomic mass is 35.5. The van der Waals surface area contributed by atoms with Crippen LogP contribution in [-0.4, -0.2) is 8.42 Å². The van der Waals surface area contributed by atoms with E-state index in [1.54, 1.807) is 0 Å². The molecule has 0 aliphatic heterocycles. The van der Waals surface area contributed by atoms with Crippen molar-refractivity contribution in [3.05, 3.63) is 52.8 Å². The Bertz CT molecular complexity index is 812. The summed E-state index contributed by atoms with van der Waals surface area (Å²) in [4.78, 5) is -0.902. The Hall–Kier alpha value is -1.93. The van der Waals surface area contributed by atoms with Crippen LogP contribution in [-0.2, 0) is 10.0 Å². The fourth-order valence-electron chi connectivity index (χ4n) is 1.54. The molecule has 0 aromatic heterocycles. The van der Waals surface area contributed by atoms with Crippen molar-refractivity contribution in [1.29, 1.82) is 0 Å². The quantitative estimate of drug-likeness (QED) is 0.846. The van der Waals surface area contributed by atoms with Gasteiger partial charge in [0.15, 0.2) is 11.6 Å². The topological polar surface area (TPSA) is 72.2 Å². The van der Waals surface area contributed by atoms with Crippen LogP contribution < -0.4 is 10.5 Å². The Labute approximate surface area is 123 Å². The van der Waals surface area contributed by atoms with Gasteiger partial charge in [-0.25, -0.2) is 21.6 Å². The SMILES string of the molecule is Nc1c(F)ccc(S(=O)(=O)Nc2cccc(Cl)c2F)c1F. The van der Waals surface area contributed by atoms with Gasteiger partial charge in [0.25, 0.3) is 10.0 Å². The zero-order chi connectivity index (χ0) is 15.8. The zero-order valence-corrected chi connectivity index (χ0v) is 11.8. The van der Waals surface area contributed by atoms with Crippen LogP contribution in [0.1, 0.15) is 0 Å². The third-order valence-electron chi connectivity index (χ3n) is 2.58. The molecule has 0 radical (unpaired) electrons. The summed E-state index contributed by atoms with van der Waals surface area (Å²) in [5, 5.41) is -0.311. The lowest BCUT2D eigenvalue weighted by molar-refractivity contribution is 0.556. The fourth-order valence-corrected chi connectivity index (χ4v) is 2.86. The summed E-state index contributed by atoms with van der Waals surface area (Å²) < 4.78 is 66.3. The van der Waals surface area contributed by atoms with E-state index in [2.05, 4.69) is 0 Å². The first-order valence-electron chi connectivity index (χ1n) is 5.44. The summed E-state index contributed by atoms with van der Waals surface area (Å²) in [6, 6.07) is 5.00. The van der Waals surface area contributed by atoms with Crippen molar-refractivity contribution in [2.45, 2.75) is 4.90 Å². The van der Waals surface area contributed by atoms with E-state index in [4.69, 9.17) is 17.3 Å². The Balaban J connectivity index is 2.49. The van der Waals surface area contributed by atoms with Crippen LogP contribution in [0.3, 0.4) is 0 Å². The summed E-state index contributed by atoms with van der Waals surface area (Å²) in [5.41, 5.74) is 3.68. The second-order valence-corrected chi connectivity index (χ2v) is 6.04. The normalized spacial score (nSPS) is 11.4. The summed E-state index contributed by atoms with van der Waals surface area (Å²) in [6.07, 6.45) is 0. The number of benzene rings is 2. The second-order valence-electron chi connectivity index (χ2n) is 3.98. The van der Waals surface area contributed by atoms with Gasteiger partial charge in [-0.15, -0.1) is 0 Å². The molecule has 0 saturated carbocycles. The van der Waals surface area contributed by atoms with Crippen LogP contribution in [0.25, 0.3) is 0 Å². The molecular formula is C12H8ClF3N2O2S. The van der Waals surface area contributed by atoms with Crippen molar-refractivity contribution < 1.29 is 21.6 Å². The molecule has 2 aromatic carbocycles. The largest absolute Gasteiger partial charge is 0.394 e. The average molecular weight is 337 g/mol. The van der Waals surface area contributed by atoms with Crippen LogP contribution in [0.2, 0.25) is 5.02 Å². The van der Waals surface area contributed by atoms with Gasteiger partial charge in [0.05, 0.1) is 10.7 Å². The number of nitrogens with one attached hydrogen (secondary N) is 1. The maximum absolute atomic E-state index is 13.7. The Morgan fingerprint density at radius 3 is 2.38 bits per heavy atom. The minimum Gasteiger partial charge on any atom is -0.394 e. The maximum atomic E-state index is 13.7. The lowest BCUT2D eigenvalue weighted by Gasteiger charge is -2.11. The molecule has 0 bridgehead atoms. The molecule has 0 heterocycles. The lowest BCUT2D eigenvalue weighted by atomic mass is 10.3. The monoisotopic (exact) mass is 336 g/mol. The van der Waals surface area contributed by atoms with Crippen LogP contribution in [0.5, 0.6) is 0 Å². The van der Waals surface area contributed by atoms with E-state index >= 15 is 0 Å². The zero-order valence-electron chi connectivity index (χ0n) is 10.2. The highest BCUT2D eigenvalue weighted by Crippen LogP contribution is 2.27. The maximum Gasteiger partial charge on any atom is 0.264 e. The van der Waals surface area contributed by atoms with Crippen molar-refractivity contribution >= 4 is 33.0 Å². The van der Waals surface area contributed by atoms with E-state index in [0.717, 1.165) is 6.07 Å². The number of rotatable bonds is 3. The third-order valence-corrected chi connectivity index (χ3v) is 4.25. The third kappa shape index (κ3) is 2.91. The summed E-state index contributed by atoms with van der Waals surface area (Å²) in [7, 11) is -4.49. The molecule has 2 rings (SSSR count). The van der Waals surface area contributed by atoms with Gasteiger partial charge in [-0.3, -0.25) is 4.72 Å². The average Bonchev–Trinajstić information content (AvgIpc) is 2.41. The molecule has 21 heavy (non-hydrogen) atoms. The van der Waals surface area contributed by atoms with Crippen molar-refractivity contribution in [2.75, 3.05) is 10.5 Å². The molecule has 0 amide bonds. The van der Waals surface area contributed by atoms with E-state index in [0.29, 0.717) is 12.1 Å².